The van der Waals surface area contributed by atoms with Crippen LogP contribution in [0, 0.1) is 5.92 Å². The smallest absolute Gasteiger partial charge is 0.242 e. The zero-order chi connectivity index (χ0) is 14.3. The lowest BCUT2D eigenvalue weighted by Crippen LogP contribution is -2.50. The molecule has 0 saturated heterocycles. The molecule has 0 heterocycles. The molecule has 5 nitrogen and oxygen atoms in total. The molecular formula is C14H26N2O3. The third-order valence-corrected chi connectivity index (χ3v) is 3.76. The lowest BCUT2D eigenvalue weighted by molar-refractivity contribution is -0.129. The van der Waals surface area contributed by atoms with Crippen LogP contribution in [0.5, 0.6) is 0 Å². The summed E-state index contributed by atoms with van der Waals surface area (Å²) in [5, 5.41) is 15.0. The van der Waals surface area contributed by atoms with Crippen molar-refractivity contribution in [2.75, 3.05) is 6.54 Å². The van der Waals surface area contributed by atoms with E-state index in [-0.39, 0.29) is 23.8 Å². The number of hydrogen-bond acceptors (Lipinski definition) is 3. The average molecular weight is 270 g/mol. The van der Waals surface area contributed by atoms with E-state index in [2.05, 4.69) is 10.6 Å². The Morgan fingerprint density at radius 3 is 2.47 bits per heavy atom. The van der Waals surface area contributed by atoms with Crippen LogP contribution in [-0.4, -0.2) is 35.6 Å². The average Bonchev–Trinajstić information content (AvgIpc) is 2.88. The zero-order valence-corrected chi connectivity index (χ0v) is 11.9. The number of carbonyl (C=O) groups excluding carboxylic acids is 2. The molecule has 5 heteroatoms. The van der Waals surface area contributed by atoms with Gasteiger partial charge in [0.15, 0.2) is 0 Å². The van der Waals surface area contributed by atoms with Crippen molar-refractivity contribution in [2.24, 2.45) is 5.92 Å². The second-order valence-corrected chi connectivity index (χ2v) is 5.36. The molecule has 0 spiro atoms. The molecule has 0 aromatic carbocycles. The molecule has 1 saturated carbocycles. The van der Waals surface area contributed by atoms with Crippen LogP contribution in [0.25, 0.3) is 0 Å². The summed E-state index contributed by atoms with van der Waals surface area (Å²) >= 11 is 0. The van der Waals surface area contributed by atoms with E-state index in [4.69, 9.17) is 0 Å². The van der Waals surface area contributed by atoms with Gasteiger partial charge in [-0.1, -0.05) is 19.8 Å². The topological polar surface area (TPSA) is 78.4 Å². The van der Waals surface area contributed by atoms with Gasteiger partial charge in [-0.2, -0.15) is 0 Å². The summed E-state index contributed by atoms with van der Waals surface area (Å²) in [5.74, 6) is -0.0361. The van der Waals surface area contributed by atoms with E-state index >= 15 is 0 Å². The number of aliphatic hydroxyl groups excluding tert-OH is 1. The predicted octanol–water partition coefficient (Wildman–Crippen LogP) is 0.958. The Bertz CT molecular complexity index is 301. The van der Waals surface area contributed by atoms with Gasteiger partial charge in [-0.15, -0.1) is 0 Å². The van der Waals surface area contributed by atoms with Crippen molar-refractivity contribution in [3.05, 3.63) is 0 Å². The van der Waals surface area contributed by atoms with Gasteiger partial charge in [0, 0.05) is 13.5 Å². The van der Waals surface area contributed by atoms with Crippen LogP contribution in [-0.2, 0) is 9.59 Å². The molecule has 19 heavy (non-hydrogen) atoms. The minimum absolute atomic E-state index is 0.120. The highest BCUT2D eigenvalue weighted by Crippen LogP contribution is 2.27. The van der Waals surface area contributed by atoms with Gasteiger partial charge in [0.05, 0.1) is 6.10 Å². The van der Waals surface area contributed by atoms with E-state index < -0.39 is 6.04 Å². The Morgan fingerprint density at radius 2 is 1.95 bits per heavy atom. The maximum atomic E-state index is 12.1. The molecule has 0 aromatic rings. The predicted molar refractivity (Wildman–Crippen MR) is 73.5 cm³/mol. The first-order valence-electron chi connectivity index (χ1n) is 7.27. The monoisotopic (exact) mass is 270 g/mol. The summed E-state index contributed by atoms with van der Waals surface area (Å²) in [4.78, 5) is 23.3. The maximum Gasteiger partial charge on any atom is 0.242 e. The van der Waals surface area contributed by atoms with Crippen LogP contribution in [0.4, 0.5) is 0 Å². The van der Waals surface area contributed by atoms with Gasteiger partial charge in [-0.25, -0.2) is 0 Å². The second kappa shape index (κ2) is 8.15. The SMILES string of the molecule is CCC(O)CCNC(=O)C(NC(C)=O)C1CCCC1. The highest BCUT2D eigenvalue weighted by atomic mass is 16.3. The van der Waals surface area contributed by atoms with Gasteiger partial charge in [-0.3, -0.25) is 9.59 Å². The Morgan fingerprint density at radius 1 is 1.32 bits per heavy atom. The van der Waals surface area contributed by atoms with Crippen LogP contribution in [0.3, 0.4) is 0 Å². The molecule has 0 bridgehead atoms. The largest absolute Gasteiger partial charge is 0.393 e. The minimum atomic E-state index is -0.418. The van der Waals surface area contributed by atoms with Crippen LogP contribution >= 0.6 is 0 Å². The van der Waals surface area contributed by atoms with Crippen molar-refractivity contribution in [3.63, 3.8) is 0 Å². The Kier molecular flexibility index (Phi) is 6.84. The molecule has 1 fully saturated rings. The summed E-state index contributed by atoms with van der Waals surface area (Å²) in [5.41, 5.74) is 0. The fourth-order valence-electron chi connectivity index (χ4n) is 2.58. The molecule has 1 rings (SSSR count). The summed E-state index contributed by atoms with van der Waals surface area (Å²) < 4.78 is 0. The molecule has 1 aliphatic rings. The summed E-state index contributed by atoms with van der Waals surface area (Å²) in [6.45, 7) is 3.80. The van der Waals surface area contributed by atoms with Crippen LogP contribution in [0.1, 0.15) is 52.4 Å². The Balaban J connectivity index is 2.44. The maximum absolute atomic E-state index is 12.1. The fourth-order valence-corrected chi connectivity index (χ4v) is 2.58. The van der Waals surface area contributed by atoms with E-state index in [0.717, 1.165) is 25.7 Å². The number of rotatable bonds is 7. The highest BCUT2D eigenvalue weighted by molar-refractivity contribution is 5.87. The van der Waals surface area contributed by atoms with E-state index in [1.165, 1.54) is 6.92 Å². The van der Waals surface area contributed by atoms with Crippen molar-refractivity contribution in [1.82, 2.24) is 10.6 Å². The molecule has 3 N–H and O–H groups in total. The molecule has 0 aromatic heterocycles. The number of hydrogen-bond donors (Lipinski definition) is 3. The van der Waals surface area contributed by atoms with Crippen LogP contribution < -0.4 is 10.6 Å². The fraction of sp³-hybridized carbons (Fsp3) is 0.857. The van der Waals surface area contributed by atoms with E-state index in [1.807, 2.05) is 6.92 Å². The van der Waals surface area contributed by atoms with E-state index in [1.54, 1.807) is 0 Å². The Hall–Kier alpha value is -1.10. The number of aliphatic hydroxyl groups is 1. The standard InChI is InChI=1S/C14H26N2O3/c1-3-12(18)8-9-15-14(19)13(16-10(2)17)11-6-4-5-7-11/h11-13,18H,3-9H2,1-2H3,(H,15,19)(H,16,17). The number of carbonyl (C=O) groups is 2. The van der Waals surface area contributed by atoms with Crippen molar-refractivity contribution in [2.45, 2.75) is 64.5 Å². The number of amides is 2. The van der Waals surface area contributed by atoms with Crippen molar-refractivity contribution < 1.29 is 14.7 Å². The third-order valence-electron chi connectivity index (χ3n) is 3.76. The molecule has 1 aliphatic carbocycles. The first-order valence-corrected chi connectivity index (χ1v) is 7.27. The van der Waals surface area contributed by atoms with E-state index in [9.17, 15) is 14.7 Å². The number of nitrogens with one attached hydrogen (secondary N) is 2. The summed E-state index contributed by atoms with van der Waals surface area (Å²) in [7, 11) is 0. The first-order chi connectivity index (χ1) is 9.04. The first kappa shape index (κ1) is 16.0. The summed E-state index contributed by atoms with van der Waals surface area (Å²) in [6, 6.07) is -0.418. The second-order valence-electron chi connectivity index (χ2n) is 5.36. The van der Waals surface area contributed by atoms with Gasteiger partial charge in [0.25, 0.3) is 0 Å². The zero-order valence-electron chi connectivity index (χ0n) is 11.9. The lowest BCUT2D eigenvalue weighted by atomic mass is 9.97. The van der Waals surface area contributed by atoms with Crippen LogP contribution in [0.15, 0.2) is 0 Å². The van der Waals surface area contributed by atoms with Crippen molar-refractivity contribution in [1.29, 1.82) is 0 Å². The molecule has 0 radical (unpaired) electrons. The summed E-state index contributed by atoms with van der Waals surface area (Å²) in [6.07, 6.45) is 5.12. The van der Waals surface area contributed by atoms with Gasteiger partial charge in [-0.05, 0) is 31.6 Å². The lowest BCUT2D eigenvalue weighted by Gasteiger charge is -2.23. The van der Waals surface area contributed by atoms with Crippen LogP contribution in [0.2, 0.25) is 0 Å². The molecule has 2 amide bonds. The van der Waals surface area contributed by atoms with Gasteiger partial charge < -0.3 is 15.7 Å². The third kappa shape index (κ3) is 5.59. The Labute approximate surface area is 115 Å². The normalized spacial score (nSPS) is 18.9. The van der Waals surface area contributed by atoms with Crippen molar-refractivity contribution in [3.8, 4) is 0 Å². The molecular weight excluding hydrogens is 244 g/mol. The minimum Gasteiger partial charge on any atom is -0.393 e. The molecule has 110 valence electrons. The van der Waals surface area contributed by atoms with Crippen molar-refractivity contribution >= 4 is 11.8 Å². The van der Waals surface area contributed by atoms with Gasteiger partial charge in [0.1, 0.15) is 6.04 Å². The van der Waals surface area contributed by atoms with Gasteiger partial charge >= 0.3 is 0 Å². The molecule has 2 atom stereocenters. The molecule has 2 unspecified atom stereocenters. The highest BCUT2D eigenvalue weighted by Gasteiger charge is 2.30. The molecule has 0 aliphatic heterocycles. The van der Waals surface area contributed by atoms with E-state index in [0.29, 0.717) is 19.4 Å². The van der Waals surface area contributed by atoms with Gasteiger partial charge in [0.2, 0.25) is 11.8 Å². The quantitative estimate of drug-likeness (QED) is 0.644.